The number of nitrogens with zero attached hydrogens (tertiary/aromatic N) is 3. The molecule has 0 aromatic carbocycles. The normalized spacial score (nSPS) is 16.3. The lowest BCUT2D eigenvalue weighted by atomic mass is 10.3. The molecule has 14 heavy (non-hydrogen) atoms. The number of rotatable bonds is 1. The number of nitrogen functional groups attached to an aromatic ring is 1. The van der Waals surface area contributed by atoms with Crippen molar-refractivity contribution in [2.24, 2.45) is 0 Å². The molecule has 0 aliphatic heterocycles. The van der Waals surface area contributed by atoms with E-state index < -0.39 is 5.69 Å². The fourth-order valence-electron chi connectivity index (χ4n) is 1.53. The smallest absolute Gasteiger partial charge is 0.349 e. The first-order valence-electron chi connectivity index (χ1n) is 4.49. The Morgan fingerprint density at radius 2 is 2.36 bits per heavy atom. The van der Waals surface area contributed by atoms with E-state index in [4.69, 9.17) is 5.73 Å². The Balaban J connectivity index is 2.31. The first kappa shape index (κ1) is 7.54. The van der Waals surface area contributed by atoms with Gasteiger partial charge in [0.25, 0.3) is 0 Å². The lowest BCUT2D eigenvalue weighted by molar-refractivity contribution is 0.854. The Hall–Kier alpha value is -1.85. The van der Waals surface area contributed by atoms with Crippen LogP contribution in [0.5, 0.6) is 0 Å². The van der Waals surface area contributed by atoms with Crippen LogP contribution in [0.25, 0.3) is 5.65 Å². The SMILES string of the molecule is Nc1nc(=O)[nH]c2cc(C3CC3)nn12. The Morgan fingerprint density at radius 3 is 3.07 bits per heavy atom. The molecule has 72 valence electrons. The first-order valence-corrected chi connectivity index (χ1v) is 4.49. The molecular weight excluding hydrogens is 182 g/mol. The summed E-state index contributed by atoms with van der Waals surface area (Å²) in [6.07, 6.45) is 2.34. The Kier molecular flexibility index (Phi) is 1.26. The van der Waals surface area contributed by atoms with Gasteiger partial charge in [-0.05, 0) is 12.8 Å². The van der Waals surface area contributed by atoms with Crippen LogP contribution in [0.3, 0.4) is 0 Å². The maximum Gasteiger partial charge on any atom is 0.349 e. The highest BCUT2D eigenvalue weighted by Gasteiger charge is 2.26. The molecule has 2 aromatic heterocycles. The number of aromatic amines is 1. The predicted molar refractivity (Wildman–Crippen MR) is 50.0 cm³/mol. The summed E-state index contributed by atoms with van der Waals surface area (Å²) in [7, 11) is 0. The molecule has 6 nitrogen and oxygen atoms in total. The van der Waals surface area contributed by atoms with E-state index in [0.29, 0.717) is 11.6 Å². The molecule has 6 heteroatoms. The molecule has 2 aromatic rings. The van der Waals surface area contributed by atoms with Crippen molar-refractivity contribution in [3.05, 3.63) is 22.2 Å². The summed E-state index contributed by atoms with van der Waals surface area (Å²) in [6, 6.07) is 1.86. The third-order valence-corrected chi connectivity index (χ3v) is 2.39. The molecular formula is C8H9N5O. The average Bonchev–Trinajstić information content (AvgIpc) is 2.87. The zero-order valence-electron chi connectivity index (χ0n) is 7.40. The summed E-state index contributed by atoms with van der Waals surface area (Å²) in [5.74, 6) is 0.674. The average molecular weight is 191 g/mol. The van der Waals surface area contributed by atoms with Crippen LogP contribution >= 0.6 is 0 Å². The zero-order valence-corrected chi connectivity index (χ0v) is 7.40. The van der Waals surface area contributed by atoms with Crippen molar-refractivity contribution in [1.29, 1.82) is 0 Å². The molecule has 3 N–H and O–H groups in total. The maximum atomic E-state index is 11.0. The first-order chi connectivity index (χ1) is 6.74. The van der Waals surface area contributed by atoms with Gasteiger partial charge in [-0.2, -0.15) is 14.6 Å². The summed E-state index contributed by atoms with van der Waals surface area (Å²) >= 11 is 0. The third kappa shape index (κ3) is 1.00. The molecule has 1 saturated carbocycles. The van der Waals surface area contributed by atoms with Crippen LogP contribution in [-0.2, 0) is 0 Å². The van der Waals surface area contributed by atoms with Gasteiger partial charge < -0.3 is 5.73 Å². The number of aromatic nitrogens is 4. The highest BCUT2D eigenvalue weighted by molar-refractivity contribution is 5.44. The number of fused-ring (bicyclic) bond motifs is 1. The minimum Gasteiger partial charge on any atom is -0.368 e. The molecule has 0 saturated heterocycles. The second-order valence-corrected chi connectivity index (χ2v) is 3.54. The fraction of sp³-hybridized carbons (Fsp3) is 0.375. The van der Waals surface area contributed by atoms with E-state index >= 15 is 0 Å². The summed E-state index contributed by atoms with van der Waals surface area (Å²) in [5, 5.41) is 4.27. The van der Waals surface area contributed by atoms with Crippen molar-refractivity contribution >= 4 is 11.6 Å². The maximum absolute atomic E-state index is 11.0. The Labute approximate surface area is 78.8 Å². The molecule has 0 spiro atoms. The van der Waals surface area contributed by atoms with Gasteiger partial charge in [-0.3, -0.25) is 4.98 Å². The van der Waals surface area contributed by atoms with Crippen LogP contribution in [0, 0.1) is 0 Å². The zero-order chi connectivity index (χ0) is 9.71. The molecule has 1 fully saturated rings. The van der Waals surface area contributed by atoms with Gasteiger partial charge in [0, 0.05) is 12.0 Å². The largest absolute Gasteiger partial charge is 0.368 e. The van der Waals surface area contributed by atoms with E-state index in [2.05, 4.69) is 15.1 Å². The van der Waals surface area contributed by atoms with E-state index in [1.807, 2.05) is 6.07 Å². The van der Waals surface area contributed by atoms with Crippen LogP contribution in [-0.4, -0.2) is 19.6 Å². The number of hydrogen-bond donors (Lipinski definition) is 2. The summed E-state index contributed by atoms with van der Waals surface area (Å²) in [6.45, 7) is 0. The third-order valence-electron chi connectivity index (χ3n) is 2.39. The molecule has 1 aliphatic carbocycles. The molecule has 0 amide bonds. The van der Waals surface area contributed by atoms with Gasteiger partial charge in [-0.15, -0.1) is 0 Å². The minimum atomic E-state index is -0.433. The van der Waals surface area contributed by atoms with E-state index in [0.717, 1.165) is 5.69 Å². The molecule has 0 radical (unpaired) electrons. The molecule has 3 rings (SSSR count). The van der Waals surface area contributed by atoms with Crippen LogP contribution in [0.2, 0.25) is 0 Å². The van der Waals surface area contributed by atoms with Gasteiger partial charge in [-0.25, -0.2) is 4.79 Å². The van der Waals surface area contributed by atoms with Crippen molar-refractivity contribution in [3.8, 4) is 0 Å². The molecule has 0 atom stereocenters. The van der Waals surface area contributed by atoms with Crippen LogP contribution in [0.15, 0.2) is 10.9 Å². The summed E-state index contributed by atoms with van der Waals surface area (Å²) < 4.78 is 1.47. The standard InChI is InChI=1S/C8H9N5O/c9-7-11-8(14)10-6-3-5(4-1-2-4)12-13(6)7/h3-4H,1-2H2,(H3,9,10,11,14). The molecule has 0 unspecified atom stereocenters. The molecule has 1 aliphatic rings. The van der Waals surface area contributed by atoms with E-state index in [1.54, 1.807) is 0 Å². The van der Waals surface area contributed by atoms with Gasteiger partial charge in [0.1, 0.15) is 5.65 Å². The number of nitrogens with two attached hydrogens (primary N) is 1. The van der Waals surface area contributed by atoms with Crippen LogP contribution < -0.4 is 11.4 Å². The van der Waals surface area contributed by atoms with Gasteiger partial charge in [0.05, 0.1) is 5.69 Å². The lowest BCUT2D eigenvalue weighted by Gasteiger charge is -1.94. The lowest BCUT2D eigenvalue weighted by Crippen LogP contribution is -2.16. The molecule has 0 bridgehead atoms. The van der Waals surface area contributed by atoms with Crippen molar-refractivity contribution in [3.63, 3.8) is 0 Å². The second kappa shape index (κ2) is 2.34. The second-order valence-electron chi connectivity index (χ2n) is 3.54. The number of H-pyrrole nitrogens is 1. The van der Waals surface area contributed by atoms with E-state index in [-0.39, 0.29) is 5.95 Å². The van der Waals surface area contributed by atoms with Gasteiger partial charge >= 0.3 is 5.69 Å². The van der Waals surface area contributed by atoms with Crippen LogP contribution in [0.4, 0.5) is 5.95 Å². The monoisotopic (exact) mass is 191 g/mol. The quantitative estimate of drug-likeness (QED) is 0.657. The Morgan fingerprint density at radius 1 is 1.57 bits per heavy atom. The van der Waals surface area contributed by atoms with E-state index in [1.165, 1.54) is 17.4 Å². The van der Waals surface area contributed by atoms with Gasteiger partial charge in [0.2, 0.25) is 5.95 Å². The fourth-order valence-corrected chi connectivity index (χ4v) is 1.53. The highest BCUT2D eigenvalue weighted by Crippen LogP contribution is 2.39. The van der Waals surface area contributed by atoms with E-state index in [9.17, 15) is 4.79 Å². The Bertz CT molecular complexity index is 550. The molecule has 2 heterocycles. The number of hydrogen-bond acceptors (Lipinski definition) is 4. The van der Waals surface area contributed by atoms with Gasteiger partial charge in [0.15, 0.2) is 0 Å². The van der Waals surface area contributed by atoms with Crippen molar-refractivity contribution in [1.82, 2.24) is 19.6 Å². The summed E-state index contributed by atoms with van der Waals surface area (Å²) in [5.41, 5.74) is 6.73. The topological polar surface area (TPSA) is 89.1 Å². The number of anilines is 1. The van der Waals surface area contributed by atoms with Crippen molar-refractivity contribution < 1.29 is 0 Å². The van der Waals surface area contributed by atoms with Gasteiger partial charge in [-0.1, -0.05) is 0 Å². The predicted octanol–water partition coefficient (Wildman–Crippen LogP) is -0.123. The summed E-state index contributed by atoms with van der Waals surface area (Å²) in [4.78, 5) is 17.2. The van der Waals surface area contributed by atoms with Crippen molar-refractivity contribution in [2.75, 3.05) is 5.73 Å². The minimum absolute atomic E-state index is 0.135. The number of nitrogens with one attached hydrogen (secondary N) is 1. The highest BCUT2D eigenvalue weighted by atomic mass is 16.1. The van der Waals surface area contributed by atoms with Crippen LogP contribution in [0.1, 0.15) is 24.5 Å². The van der Waals surface area contributed by atoms with Crippen molar-refractivity contribution in [2.45, 2.75) is 18.8 Å².